The summed E-state index contributed by atoms with van der Waals surface area (Å²) in [6.07, 6.45) is 9.53. The SMILES string of the molecule is CC(C)NC(=O)N1CCC(N2CC(CC#N)(n3cc(-c4ncnc5[nH]ccc45)cn3)C2)CC1. The number of likely N-dealkylation sites (tertiary alicyclic amines) is 2. The molecule has 0 unspecified atom stereocenters. The summed E-state index contributed by atoms with van der Waals surface area (Å²) in [5, 5.41) is 18.1. The Morgan fingerprint density at radius 1 is 1.33 bits per heavy atom. The van der Waals surface area contributed by atoms with Gasteiger partial charge in [0.05, 0.1) is 24.4 Å². The summed E-state index contributed by atoms with van der Waals surface area (Å²) < 4.78 is 1.95. The van der Waals surface area contributed by atoms with Gasteiger partial charge in [-0.05, 0) is 32.8 Å². The molecule has 2 aliphatic rings. The van der Waals surface area contributed by atoms with Crippen molar-refractivity contribution in [2.45, 2.75) is 50.7 Å². The van der Waals surface area contributed by atoms with E-state index in [4.69, 9.17) is 0 Å². The van der Waals surface area contributed by atoms with E-state index in [1.807, 2.05) is 48.1 Å². The zero-order chi connectivity index (χ0) is 23.0. The van der Waals surface area contributed by atoms with E-state index < -0.39 is 0 Å². The van der Waals surface area contributed by atoms with Crippen molar-refractivity contribution < 1.29 is 4.79 Å². The summed E-state index contributed by atoms with van der Waals surface area (Å²) in [4.78, 5) is 28.4. The van der Waals surface area contributed by atoms with E-state index in [2.05, 4.69) is 36.3 Å². The molecule has 2 amide bonds. The first-order valence-electron chi connectivity index (χ1n) is 11.5. The molecule has 3 aromatic rings. The van der Waals surface area contributed by atoms with Crippen molar-refractivity contribution >= 4 is 17.1 Å². The maximum Gasteiger partial charge on any atom is 0.317 e. The molecule has 0 saturated carbocycles. The summed E-state index contributed by atoms with van der Waals surface area (Å²) in [6, 6.07) is 4.93. The molecule has 2 saturated heterocycles. The minimum Gasteiger partial charge on any atom is -0.346 e. The first-order chi connectivity index (χ1) is 16.0. The van der Waals surface area contributed by atoms with E-state index in [1.54, 1.807) is 6.33 Å². The monoisotopic (exact) mass is 447 g/mol. The van der Waals surface area contributed by atoms with Crippen LogP contribution in [0.5, 0.6) is 0 Å². The maximum absolute atomic E-state index is 12.3. The number of piperidine rings is 1. The average molecular weight is 448 g/mol. The van der Waals surface area contributed by atoms with Crippen LogP contribution >= 0.6 is 0 Å². The predicted molar refractivity (Wildman–Crippen MR) is 123 cm³/mol. The Morgan fingerprint density at radius 3 is 2.85 bits per heavy atom. The van der Waals surface area contributed by atoms with Crippen molar-refractivity contribution in [3.63, 3.8) is 0 Å². The lowest BCUT2D eigenvalue weighted by Crippen LogP contribution is -2.66. The van der Waals surface area contributed by atoms with E-state index in [0.29, 0.717) is 12.5 Å². The number of fused-ring (bicyclic) bond motifs is 1. The smallest absolute Gasteiger partial charge is 0.317 e. The molecule has 0 radical (unpaired) electrons. The molecule has 172 valence electrons. The minimum absolute atomic E-state index is 0.0243. The van der Waals surface area contributed by atoms with Gasteiger partial charge in [-0.3, -0.25) is 9.58 Å². The highest BCUT2D eigenvalue weighted by atomic mass is 16.2. The van der Waals surface area contributed by atoms with Crippen molar-refractivity contribution in [1.82, 2.24) is 39.8 Å². The van der Waals surface area contributed by atoms with E-state index in [1.165, 1.54) is 0 Å². The number of carbonyl (C=O) groups excluding carboxylic acids is 1. The number of aromatic amines is 1. The largest absolute Gasteiger partial charge is 0.346 e. The molecule has 5 heterocycles. The molecule has 0 aromatic carbocycles. The first kappa shape index (κ1) is 21.4. The number of carbonyl (C=O) groups is 1. The lowest BCUT2D eigenvalue weighted by molar-refractivity contribution is -0.0402. The van der Waals surface area contributed by atoms with Gasteiger partial charge in [-0.15, -0.1) is 0 Å². The van der Waals surface area contributed by atoms with Gasteiger partial charge in [-0.2, -0.15) is 10.4 Å². The molecule has 2 aliphatic heterocycles. The number of rotatable bonds is 5. The second-order valence-corrected chi connectivity index (χ2v) is 9.42. The molecule has 2 fully saturated rings. The fourth-order valence-electron chi connectivity index (χ4n) is 5.03. The third kappa shape index (κ3) is 3.93. The number of amides is 2. The second kappa shape index (κ2) is 8.48. The Morgan fingerprint density at radius 2 is 2.12 bits per heavy atom. The Labute approximate surface area is 192 Å². The quantitative estimate of drug-likeness (QED) is 0.620. The third-order valence-electron chi connectivity index (χ3n) is 6.78. The van der Waals surface area contributed by atoms with Crippen LogP contribution in [-0.4, -0.2) is 78.8 Å². The molecule has 0 bridgehead atoms. The highest BCUT2D eigenvalue weighted by Crippen LogP contribution is 2.37. The summed E-state index contributed by atoms with van der Waals surface area (Å²) in [5.74, 6) is 0. The normalized spacial score (nSPS) is 18.9. The zero-order valence-electron chi connectivity index (χ0n) is 19.0. The highest BCUT2D eigenvalue weighted by Gasteiger charge is 2.48. The molecule has 0 spiro atoms. The molecule has 0 atom stereocenters. The van der Waals surface area contributed by atoms with Crippen LogP contribution in [0.25, 0.3) is 22.3 Å². The van der Waals surface area contributed by atoms with E-state index >= 15 is 0 Å². The minimum atomic E-state index is -0.330. The Kier molecular flexibility index (Phi) is 5.50. The number of urea groups is 1. The van der Waals surface area contributed by atoms with Crippen LogP contribution in [0.15, 0.2) is 31.0 Å². The van der Waals surface area contributed by atoms with Crippen LogP contribution in [-0.2, 0) is 5.54 Å². The van der Waals surface area contributed by atoms with Crippen molar-refractivity contribution in [2.75, 3.05) is 26.2 Å². The third-order valence-corrected chi connectivity index (χ3v) is 6.78. The number of aromatic nitrogens is 5. The molecule has 0 aliphatic carbocycles. The van der Waals surface area contributed by atoms with Crippen LogP contribution in [0, 0.1) is 11.3 Å². The van der Waals surface area contributed by atoms with Crippen LogP contribution in [0.4, 0.5) is 4.79 Å². The van der Waals surface area contributed by atoms with Crippen molar-refractivity contribution in [3.8, 4) is 17.3 Å². The van der Waals surface area contributed by atoms with Gasteiger partial charge >= 0.3 is 6.03 Å². The zero-order valence-corrected chi connectivity index (χ0v) is 19.0. The van der Waals surface area contributed by atoms with E-state index in [-0.39, 0.29) is 17.6 Å². The van der Waals surface area contributed by atoms with Gasteiger partial charge < -0.3 is 15.2 Å². The summed E-state index contributed by atoms with van der Waals surface area (Å²) in [7, 11) is 0. The second-order valence-electron chi connectivity index (χ2n) is 9.42. The van der Waals surface area contributed by atoms with Crippen molar-refractivity contribution in [1.29, 1.82) is 5.26 Å². The number of nitrogens with zero attached hydrogens (tertiary/aromatic N) is 7. The highest BCUT2D eigenvalue weighted by molar-refractivity contribution is 5.90. The topological polar surface area (TPSA) is 119 Å². The van der Waals surface area contributed by atoms with Crippen molar-refractivity contribution in [3.05, 3.63) is 31.0 Å². The van der Waals surface area contributed by atoms with Crippen LogP contribution in [0.1, 0.15) is 33.1 Å². The fourth-order valence-corrected chi connectivity index (χ4v) is 5.03. The summed E-state index contributed by atoms with van der Waals surface area (Å²) >= 11 is 0. The van der Waals surface area contributed by atoms with Crippen LogP contribution in [0.3, 0.4) is 0 Å². The van der Waals surface area contributed by atoms with Gasteiger partial charge in [-0.25, -0.2) is 14.8 Å². The van der Waals surface area contributed by atoms with Crippen molar-refractivity contribution in [2.24, 2.45) is 0 Å². The average Bonchev–Trinajstić information content (AvgIpc) is 3.45. The molecular formula is C23H29N9O. The van der Waals surface area contributed by atoms with Gasteiger partial charge in [0, 0.05) is 61.6 Å². The van der Waals surface area contributed by atoms with E-state index in [0.717, 1.165) is 61.3 Å². The lowest BCUT2D eigenvalue weighted by atomic mass is 9.84. The van der Waals surface area contributed by atoms with E-state index in [9.17, 15) is 10.1 Å². The number of hydrogen-bond donors (Lipinski definition) is 2. The van der Waals surface area contributed by atoms with Gasteiger partial charge in [-0.1, -0.05) is 0 Å². The predicted octanol–water partition coefficient (Wildman–Crippen LogP) is 2.33. The van der Waals surface area contributed by atoms with Crippen LogP contribution < -0.4 is 5.32 Å². The number of hydrogen-bond acceptors (Lipinski definition) is 6. The molecule has 10 nitrogen and oxygen atoms in total. The first-order valence-corrected chi connectivity index (χ1v) is 11.5. The Hall–Kier alpha value is -3.45. The maximum atomic E-state index is 12.3. The lowest BCUT2D eigenvalue weighted by Gasteiger charge is -2.53. The molecule has 5 rings (SSSR count). The van der Waals surface area contributed by atoms with Gasteiger partial charge in [0.15, 0.2) is 0 Å². The van der Waals surface area contributed by atoms with Gasteiger partial charge in [0.2, 0.25) is 0 Å². The number of H-pyrrole nitrogens is 1. The standard InChI is InChI=1S/C23H29N9O/c1-16(2)29-22(33)30-9-4-18(5-10-30)31-13-23(14-31,6-7-24)32-12-17(11-28-32)20-19-3-8-25-21(19)27-15-26-20/h3,8,11-12,15-16,18H,4-6,9-10,13-14H2,1-2H3,(H,29,33)(H,25,26,27). The molecular weight excluding hydrogens is 418 g/mol. The summed E-state index contributed by atoms with van der Waals surface area (Å²) in [5.41, 5.74) is 2.22. The Bertz CT molecular complexity index is 1180. The fraction of sp³-hybridized carbons (Fsp3) is 0.522. The molecule has 10 heteroatoms. The van der Waals surface area contributed by atoms with Gasteiger partial charge in [0.25, 0.3) is 0 Å². The van der Waals surface area contributed by atoms with Gasteiger partial charge in [0.1, 0.15) is 17.5 Å². The number of nitrogens with one attached hydrogen (secondary N) is 2. The molecule has 2 N–H and O–H groups in total. The number of nitriles is 1. The Balaban J connectivity index is 1.26. The summed E-state index contributed by atoms with van der Waals surface area (Å²) in [6.45, 7) is 7.05. The molecule has 33 heavy (non-hydrogen) atoms. The van der Waals surface area contributed by atoms with Crippen LogP contribution in [0.2, 0.25) is 0 Å². The molecule has 3 aromatic heterocycles.